The second-order valence-electron chi connectivity index (χ2n) is 5.00. The number of hydrogen-bond donors (Lipinski definition) is 1. The molecule has 0 saturated carbocycles. The molecule has 4 heteroatoms. The van der Waals surface area contributed by atoms with Crippen LogP contribution in [0.25, 0.3) is 0 Å². The van der Waals surface area contributed by atoms with Gasteiger partial charge < -0.3 is 15.2 Å². The summed E-state index contributed by atoms with van der Waals surface area (Å²) in [7, 11) is 1.69. The van der Waals surface area contributed by atoms with E-state index < -0.39 is 0 Å². The van der Waals surface area contributed by atoms with E-state index in [0.717, 1.165) is 23.7 Å². The Morgan fingerprint density at radius 3 is 2.89 bits per heavy atom. The molecule has 1 saturated heterocycles. The Morgan fingerprint density at radius 1 is 1.42 bits per heavy atom. The Bertz CT molecular complexity index is 405. The molecular formula is C15H23NO2S. The first kappa shape index (κ1) is 14.5. The van der Waals surface area contributed by atoms with E-state index in [1.54, 1.807) is 7.11 Å². The van der Waals surface area contributed by atoms with Crippen molar-refractivity contribution in [3.63, 3.8) is 0 Å². The monoisotopic (exact) mass is 281 g/mol. The molecule has 19 heavy (non-hydrogen) atoms. The summed E-state index contributed by atoms with van der Waals surface area (Å²) in [6, 6.07) is 6.15. The van der Waals surface area contributed by atoms with Gasteiger partial charge in [-0.3, -0.25) is 0 Å². The zero-order valence-corrected chi connectivity index (χ0v) is 12.5. The van der Waals surface area contributed by atoms with Gasteiger partial charge in [0.15, 0.2) is 11.5 Å². The van der Waals surface area contributed by atoms with Crippen molar-refractivity contribution >= 4 is 11.8 Å². The SMILES string of the molecule is COc1cc(C(C)CN)ccc1OC1CCCSC1. The van der Waals surface area contributed by atoms with Gasteiger partial charge in [-0.1, -0.05) is 13.0 Å². The Balaban J connectivity index is 2.11. The van der Waals surface area contributed by atoms with E-state index in [-0.39, 0.29) is 0 Å². The third kappa shape index (κ3) is 3.80. The zero-order valence-electron chi connectivity index (χ0n) is 11.7. The summed E-state index contributed by atoms with van der Waals surface area (Å²) in [5.41, 5.74) is 6.91. The Morgan fingerprint density at radius 2 is 2.26 bits per heavy atom. The molecular weight excluding hydrogens is 258 g/mol. The van der Waals surface area contributed by atoms with Crippen LogP contribution in [0.15, 0.2) is 18.2 Å². The van der Waals surface area contributed by atoms with Gasteiger partial charge in [0.05, 0.1) is 7.11 Å². The Hall–Kier alpha value is -0.870. The molecule has 0 bridgehead atoms. The van der Waals surface area contributed by atoms with Gasteiger partial charge in [0.2, 0.25) is 0 Å². The summed E-state index contributed by atoms with van der Waals surface area (Å²) in [5, 5.41) is 0. The second kappa shape index (κ2) is 7.06. The first-order valence-electron chi connectivity index (χ1n) is 6.87. The van der Waals surface area contributed by atoms with Crippen LogP contribution in [0.3, 0.4) is 0 Å². The third-order valence-electron chi connectivity index (χ3n) is 3.52. The van der Waals surface area contributed by atoms with Gasteiger partial charge in [0.25, 0.3) is 0 Å². The number of methoxy groups -OCH3 is 1. The Kier molecular flexibility index (Phi) is 5.40. The molecule has 106 valence electrons. The van der Waals surface area contributed by atoms with Crippen LogP contribution in [0.4, 0.5) is 0 Å². The van der Waals surface area contributed by atoms with E-state index in [9.17, 15) is 0 Å². The van der Waals surface area contributed by atoms with Crippen LogP contribution in [-0.2, 0) is 0 Å². The fourth-order valence-electron chi connectivity index (χ4n) is 2.21. The van der Waals surface area contributed by atoms with E-state index in [1.807, 2.05) is 23.9 Å². The zero-order chi connectivity index (χ0) is 13.7. The predicted octanol–water partition coefficient (Wildman–Crippen LogP) is 3.03. The first-order chi connectivity index (χ1) is 9.24. The molecule has 0 aromatic heterocycles. The predicted molar refractivity (Wildman–Crippen MR) is 81.4 cm³/mol. The van der Waals surface area contributed by atoms with Crippen molar-refractivity contribution in [3.8, 4) is 11.5 Å². The van der Waals surface area contributed by atoms with Crippen LogP contribution in [0, 0.1) is 0 Å². The maximum atomic E-state index is 6.07. The largest absolute Gasteiger partial charge is 0.493 e. The number of ether oxygens (including phenoxy) is 2. The van der Waals surface area contributed by atoms with Crippen LogP contribution in [0.1, 0.15) is 31.2 Å². The quantitative estimate of drug-likeness (QED) is 0.901. The summed E-state index contributed by atoms with van der Waals surface area (Å²) in [6.07, 6.45) is 2.68. The standard InChI is InChI=1S/C15H23NO2S/c1-11(9-16)12-5-6-14(15(8-12)17-2)18-13-4-3-7-19-10-13/h5-6,8,11,13H,3-4,7,9-10,16H2,1-2H3. The molecule has 1 heterocycles. The normalized spacial score (nSPS) is 20.9. The number of nitrogens with two attached hydrogens (primary N) is 1. The molecule has 1 aromatic rings. The molecule has 2 atom stereocenters. The molecule has 2 unspecified atom stereocenters. The lowest BCUT2D eigenvalue weighted by atomic mass is 10.0. The van der Waals surface area contributed by atoms with Crippen LogP contribution in [0.2, 0.25) is 0 Å². The van der Waals surface area contributed by atoms with Gasteiger partial charge in [-0.25, -0.2) is 0 Å². The molecule has 0 amide bonds. The second-order valence-corrected chi connectivity index (χ2v) is 6.15. The van der Waals surface area contributed by atoms with Gasteiger partial charge in [-0.15, -0.1) is 0 Å². The fourth-order valence-corrected chi connectivity index (χ4v) is 3.24. The van der Waals surface area contributed by atoms with Crippen LogP contribution in [-0.4, -0.2) is 31.3 Å². The van der Waals surface area contributed by atoms with Crippen molar-refractivity contribution in [2.45, 2.75) is 31.8 Å². The van der Waals surface area contributed by atoms with Gasteiger partial charge in [-0.05, 0) is 48.8 Å². The molecule has 1 aliphatic rings. The van der Waals surface area contributed by atoms with Crippen molar-refractivity contribution in [3.05, 3.63) is 23.8 Å². The van der Waals surface area contributed by atoms with Gasteiger partial charge in [0, 0.05) is 5.75 Å². The highest BCUT2D eigenvalue weighted by atomic mass is 32.2. The molecule has 0 spiro atoms. The van der Waals surface area contributed by atoms with Crippen LogP contribution >= 0.6 is 11.8 Å². The third-order valence-corrected chi connectivity index (χ3v) is 4.71. The highest BCUT2D eigenvalue weighted by Gasteiger charge is 2.18. The molecule has 0 radical (unpaired) electrons. The molecule has 2 rings (SSSR count). The van der Waals surface area contributed by atoms with E-state index in [4.69, 9.17) is 15.2 Å². The lowest BCUT2D eigenvalue weighted by molar-refractivity contribution is 0.202. The van der Waals surface area contributed by atoms with E-state index in [2.05, 4.69) is 13.0 Å². The highest BCUT2D eigenvalue weighted by molar-refractivity contribution is 7.99. The summed E-state index contributed by atoms with van der Waals surface area (Å²) in [4.78, 5) is 0. The maximum Gasteiger partial charge on any atom is 0.161 e. The van der Waals surface area contributed by atoms with Crippen molar-refractivity contribution in [1.29, 1.82) is 0 Å². The van der Waals surface area contributed by atoms with Crippen molar-refractivity contribution in [1.82, 2.24) is 0 Å². The van der Waals surface area contributed by atoms with E-state index >= 15 is 0 Å². The van der Waals surface area contributed by atoms with E-state index in [1.165, 1.54) is 17.7 Å². The number of rotatable bonds is 5. The topological polar surface area (TPSA) is 44.5 Å². The fraction of sp³-hybridized carbons (Fsp3) is 0.600. The maximum absolute atomic E-state index is 6.07. The van der Waals surface area contributed by atoms with Gasteiger partial charge >= 0.3 is 0 Å². The van der Waals surface area contributed by atoms with Gasteiger partial charge in [-0.2, -0.15) is 11.8 Å². The number of hydrogen-bond acceptors (Lipinski definition) is 4. The Labute approximate surface area is 119 Å². The summed E-state index contributed by atoms with van der Waals surface area (Å²) in [6.45, 7) is 2.76. The average Bonchev–Trinajstić information content (AvgIpc) is 2.48. The number of benzene rings is 1. The summed E-state index contributed by atoms with van der Waals surface area (Å²) >= 11 is 1.97. The minimum atomic E-state index is 0.311. The smallest absolute Gasteiger partial charge is 0.161 e. The van der Waals surface area contributed by atoms with Crippen LogP contribution < -0.4 is 15.2 Å². The highest BCUT2D eigenvalue weighted by Crippen LogP contribution is 2.33. The van der Waals surface area contributed by atoms with E-state index in [0.29, 0.717) is 18.6 Å². The van der Waals surface area contributed by atoms with Crippen LogP contribution in [0.5, 0.6) is 11.5 Å². The molecule has 1 aliphatic heterocycles. The van der Waals surface area contributed by atoms with Crippen molar-refractivity contribution in [2.75, 3.05) is 25.2 Å². The molecule has 1 fully saturated rings. The lowest BCUT2D eigenvalue weighted by Crippen LogP contribution is -2.23. The minimum absolute atomic E-state index is 0.311. The van der Waals surface area contributed by atoms with Crippen molar-refractivity contribution < 1.29 is 9.47 Å². The first-order valence-corrected chi connectivity index (χ1v) is 8.02. The van der Waals surface area contributed by atoms with Gasteiger partial charge in [0.1, 0.15) is 6.10 Å². The molecule has 3 nitrogen and oxygen atoms in total. The minimum Gasteiger partial charge on any atom is -0.493 e. The number of thioether (sulfide) groups is 1. The molecule has 1 aromatic carbocycles. The molecule has 2 N–H and O–H groups in total. The molecule has 0 aliphatic carbocycles. The van der Waals surface area contributed by atoms with Crippen molar-refractivity contribution in [2.24, 2.45) is 5.73 Å². The summed E-state index contributed by atoms with van der Waals surface area (Å²) < 4.78 is 11.5. The lowest BCUT2D eigenvalue weighted by Gasteiger charge is -2.24. The average molecular weight is 281 g/mol. The summed E-state index contributed by atoms with van der Waals surface area (Å²) in [5.74, 6) is 4.33.